The zero-order valence-electron chi connectivity index (χ0n) is 10.1. The van der Waals surface area contributed by atoms with E-state index in [-0.39, 0.29) is 12.4 Å². The maximum absolute atomic E-state index is 5.54. The van der Waals surface area contributed by atoms with Crippen molar-refractivity contribution in [2.24, 2.45) is 0 Å². The summed E-state index contributed by atoms with van der Waals surface area (Å²) in [5, 5.41) is 3.27. The van der Waals surface area contributed by atoms with Crippen molar-refractivity contribution in [1.82, 2.24) is 10.3 Å². The minimum Gasteiger partial charge on any atom is -0.478 e. The maximum atomic E-state index is 5.54. The van der Waals surface area contributed by atoms with Crippen molar-refractivity contribution in [3.05, 3.63) is 17.7 Å². The first kappa shape index (κ1) is 14.1. The first-order chi connectivity index (χ1) is 7.90. The summed E-state index contributed by atoms with van der Waals surface area (Å²) in [6.07, 6.45) is 2.19. The Hall–Kier alpha value is -1.00. The van der Waals surface area contributed by atoms with Gasteiger partial charge in [-0.1, -0.05) is 13.3 Å². The molecule has 1 N–H and O–H groups in total. The highest BCUT2D eigenvalue weighted by Gasteiger charge is 2.10. The Labute approximate surface area is 108 Å². The van der Waals surface area contributed by atoms with Crippen molar-refractivity contribution in [2.75, 3.05) is 19.8 Å². The first-order valence-corrected chi connectivity index (χ1v) is 5.86. The van der Waals surface area contributed by atoms with Gasteiger partial charge in [-0.25, -0.2) is 0 Å². The van der Waals surface area contributed by atoms with Gasteiger partial charge >= 0.3 is 0 Å². The maximum Gasteiger partial charge on any atom is 0.221 e. The second kappa shape index (κ2) is 7.35. The van der Waals surface area contributed by atoms with E-state index in [1.807, 2.05) is 12.1 Å². The minimum absolute atomic E-state index is 0. The molecule has 1 aliphatic heterocycles. The number of ether oxygens (including phenoxy) is 2. The Kier molecular flexibility index (Phi) is 6.08. The lowest BCUT2D eigenvalue weighted by Crippen LogP contribution is -2.16. The number of hydrogen-bond donors (Lipinski definition) is 1. The third kappa shape index (κ3) is 4.06. The van der Waals surface area contributed by atoms with Gasteiger partial charge in [-0.2, -0.15) is 4.98 Å². The van der Waals surface area contributed by atoms with Crippen molar-refractivity contribution in [2.45, 2.75) is 26.3 Å². The largest absolute Gasteiger partial charge is 0.478 e. The SMILES string of the molecule is CCCCOc1ccc2c(n1)OCCNC2.Cl. The van der Waals surface area contributed by atoms with Crippen LogP contribution in [0.4, 0.5) is 0 Å². The Bertz CT molecular complexity index is 347. The van der Waals surface area contributed by atoms with Gasteiger partial charge in [0.2, 0.25) is 11.8 Å². The third-order valence-corrected chi connectivity index (χ3v) is 2.49. The Morgan fingerprint density at radius 1 is 1.47 bits per heavy atom. The van der Waals surface area contributed by atoms with E-state index >= 15 is 0 Å². The predicted molar refractivity (Wildman–Crippen MR) is 69.1 cm³/mol. The number of halogens is 1. The minimum atomic E-state index is 0. The van der Waals surface area contributed by atoms with Crippen LogP contribution in [0.25, 0.3) is 0 Å². The van der Waals surface area contributed by atoms with Crippen LogP contribution in [0.1, 0.15) is 25.3 Å². The van der Waals surface area contributed by atoms with Crippen molar-refractivity contribution in [3.63, 3.8) is 0 Å². The molecule has 5 heteroatoms. The van der Waals surface area contributed by atoms with Crippen LogP contribution in [0, 0.1) is 0 Å². The van der Waals surface area contributed by atoms with Gasteiger partial charge in [-0.05, 0) is 12.5 Å². The molecular formula is C12H19ClN2O2. The molecule has 2 heterocycles. The predicted octanol–water partition coefficient (Wildman–Crippen LogP) is 2.16. The van der Waals surface area contributed by atoms with Gasteiger partial charge in [0.15, 0.2) is 0 Å². The second-order valence-electron chi connectivity index (χ2n) is 3.84. The third-order valence-electron chi connectivity index (χ3n) is 2.49. The molecule has 0 atom stereocenters. The van der Waals surface area contributed by atoms with Gasteiger partial charge in [0.1, 0.15) is 6.61 Å². The van der Waals surface area contributed by atoms with Gasteiger partial charge in [-0.3, -0.25) is 0 Å². The lowest BCUT2D eigenvalue weighted by Gasteiger charge is -2.08. The second-order valence-corrected chi connectivity index (χ2v) is 3.84. The first-order valence-electron chi connectivity index (χ1n) is 5.86. The van der Waals surface area contributed by atoms with Crippen LogP contribution < -0.4 is 14.8 Å². The molecule has 96 valence electrons. The summed E-state index contributed by atoms with van der Waals surface area (Å²) in [7, 11) is 0. The molecule has 1 aliphatic rings. The van der Waals surface area contributed by atoms with Gasteiger partial charge < -0.3 is 14.8 Å². The van der Waals surface area contributed by atoms with Crippen LogP contribution in [-0.4, -0.2) is 24.7 Å². The molecule has 4 nitrogen and oxygen atoms in total. The summed E-state index contributed by atoms with van der Waals surface area (Å²) >= 11 is 0. The van der Waals surface area contributed by atoms with E-state index in [0.29, 0.717) is 18.4 Å². The monoisotopic (exact) mass is 258 g/mol. The molecule has 1 aromatic rings. The smallest absolute Gasteiger partial charge is 0.221 e. The highest BCUT2D eigenvalue weighted by atomic mass is 35.5. The molecule has 0 amide bonds. The number of rotatable bonds is 4. The van der Waals surface area contributed by atoms with E-state index in [1.165, 1.54) is 0 Å². The summed E-state index contributed by atoms with van der Waals surface area (Å²) in [5.41, 5.74) is 1.10. The molecule has 0 saturated heterocycles. The number of nitrogens with zero attached hydrogens (tertiary/aromatic N) is 1. The molecule has 0 aliphatic carbocycles. The summed E-state index contributed by atoms with van der Waals surface area (Å²) < 4.78 is 11.1. The van der Waals surface area contributed by atoms with E-state index in [4.69, 9.17) is 9.47 Å². The molecule has 0 saturated carbocycles. The Morgan fingerprint density at radius 3 is 3.18 bits per heavy atom. The van der Waals surface area contributed by atoms with Crippen LogP contribution in [0.2, 0.25) is 0 Å². The van der Waals surface area contributed by atoms with Crippen LogP contribution in [0.3, 0.4) is 0 Å². The average molecular weight is 259 g/mol. The highest BCUT2D eigenvalue weighted by Crippen LogP contribution is 2.21. The van der Waals surface area contributed by atoms with Crippen molar-refractivity contribution in [3.8, 4) is 11.8 Å². The quantitative estimate of drug-likeness (QED) is 0.841. The fraction of sp³-hybridized carbons (Fsp3) is 0.583. The van der Waals surface area contributed by atoms with E-state index < -0.39 is 0 Å². The van der Waals surface area contributed by atoms with E-state index in [1.54, 1.807) is 0 Å². The van der Waals surface area contributed by atoms with Crippen LogP contribution in [-0.2, 0) is 6.54 Å². The summed E-state index contributed by atoms with van der Waals surface area (Å²) in [4.78, 5) is 4.36. The zero-order valence-corrected chi connectivity index (χ0v) is 10.9. The molecule has 2 rings (SSSR count). The molecule has 1 aromatic heterocycles. The molecule has 0 spiro atoms. The van der Waals surface area contributed by atoms with Gasteiger partial charge in [-0.15, -0.1) is 12.4 Å². The Balaban J connectivity index is 0.00000144. The van der Waals surface area contributed by atoms with E-state index in [2.05, 4.69) is 17.2 Å². The van der Waals surface area contributed by atoms with E-state index in [0.717, 1.165) is 38.1 Å². The van der Waals surface area contributed by atoms with Crippen molar-refractivity contribution < 1.29 is 9.47 Å². The number of nitrogens with one attached hydrogen (secondary N) is 1. The van der Waals surface area contributed by atoms with Gasteiger partial charge in [0.25, 0.3) is 0 Å². The average Bonchev–Trinajstić information content (AvgIpc) is 2.54. The van der Waals surface area contributed by atoms with Gasteiger partial charge in [0, 0.05) is 24.7 Å². The Morgan fingerprint density at radius 2 is 2.35 bits per heavy atom. The summed E-state index contributed by atoms with van der Waals surface area (Å²) in [5.74, 6) is 1.37. The fourth-order valence-electron chi connectivity index (χ4n) is 1.56. The number of hydrogen-bond acceptors (Lipinski definition) is 4. The van der Waals surface area contributed by atoms with Gasteiger partial charge in [0.05, 0.1) is 6.61 Å². The molecule has 0 aromatic carbocycles. The summed E-state index contributed by atoms with van der Waals surface area (Å²) in [6.45, 7) is 5.21. The summed E-state index contributed by atoms with van der Waals surface area (Å²) in [6, 6.07) is 3.92. The number of aromatic nitrogens is 1. The van der Waals surface area contributed by atoms with Crippen LogP contribution in [0.5, 0.6) is 11.8 Å². The molecule has 0 unspecified atom stereocenters. The van der Waals surface area contributed by atoms with E-state index in [9.17, 15) is 0 Å². The topological polar surface area (TPSA) is 43.4 Å². The lowest BCUT2D eigenvalue weighted by atomic mass is 10.2. The van der Waals surface area contributed by atoms with Crippen molar-refractivity contribution >= 4 is 12.4 Å². The standard InChI is InChI=1S/C12H18N2O2.ClH/c1-2-3-7-15-11-5-4-10-9-13-6-8-16-12(10)14-11;/h4-5,13H,2-3,6-9H2,1H3;1H. The van der Waals surface area contributed by atoms with Crippen LogP contribution in [0.15, 0.2) is 12.1 Å². The number of unbranched alkanes of at least 4 members (excludes halogenated alkanes) is 1. The molecular weight excluding hydrogens is 240 g/mol. The lowest BCUT2D eigenvalue weighted by molar-refractivity contribution is 0.279. The number of fused-ring (bicyclic) bond motifs is 1. The molecule has 0 bridgehead atoms. The van der Waals surface area contributed by atoms with Crippen molar-refractivity contribution in [1.29, 1.82) is 0 Å². The molecule has 17 heavy (non-hydrogen) atoms. The zero-order chi connectivity index (χ0) is 11.2. The normalized spacial score (nSPS) is 13.9. The van der Waals surface area contributed by atoms with Crippen LogP contribution >= 0.6 is 12.4 Å². The molecule has 0 fully saturated rings. The highest BCUT2D eigenvalue weighted by molar-refractivity contribution is 5.85. The molecule has 0 radical (unpaired) electrons. The number of pyridine rings is 1. The fourth-order valence-corrected chi connectivity index (χ4v) is 1.56.